The number of nitrogens with two attached hydrogens (primary N) is 1. The molecule has 4 nitrogen and oxygen atoms in total. The van der Waals surface area contributed by atoms with Crippen LogP contribution in [-0.4, -0.2) is 14.8 Å². The molecule has 92 valence electrons. The van der Waals surface area contributed by atoms with E-state index in [-0.39, 0.29) is 6.04 Å². The minimum atomic E-state index is 0.0273. The Labute approximate surface area is 105 Å². The summed E-state index contributed by atoms with van der Waals surface area (Å²) in [6.45, 7) is 5.06. The molecule has 0 radical (unpaired) electrons. The minimum Gasteiger partial charge on any atom is -0.323 e. The van der Waals surface area contributed by atoms with Gasteiger partial charge >= 0.3 is 0 Å². The van der Waals surface area contributed by atoms with E-state index in [0.717, 1.165) is 25.2 Å². The molecule has 5 heteroatoms. The number of hydrogen-bond donors (Lipinski definition) is 1. The van der Waals surface area contributed by atoms with Crippen molar-refractivity contribution in [2.75, 3.05) is 0 Å². The molecular weight excluding hydrogens is 232 g/mol. The first kappa shape index (κ1) is 12.3. The van der Waals surface area contributed by atoms with E-state index in [4.69, 9.17) is 5.73 Å². The summed E-state index contributed by atoms with van der Waals surface area (Å²) in [5.41, 5.74) is 7.61. The van der Waals surface area contributed by atoms with Gasteiger partial charge in [0, 0.05) is 23.9 Å². The lowest BCUT2D eigenvalue weighted by atomic mass is 10.1. The number of hydrogen-bond acceptors (Lipinski definition) is 4. The first-order valence-electron chi connectivity index (χ1n) is 5.94. The Hall–Kier alpha value is -1.20. The fraction of sp³-hybridized carbons (Fsp3) is 0.500. The van der Waals surface area contributed by atoms with E-state index in [1.165, 1.54) is 10.4 Å². The van der Waals surface area contributed by atoms with Gasteiger partial charge in [0.1, 0.15) is 12.2 Å². The summed E-state index contributed by atoms with van der Waals surface area (Å²) in [6, 6.07) is 2.18. The van der Waals surface area contributed by atoms with Crippen LogP contribution in [0, 0.1) is 0 Å². The highest BCUT2D eigenvalue weighted by atomic mass is 32.1. The van der Waals surface area contributed by atoms with Gasteiger partial charge < -0.3 is 5.73 Å². The second-order valence-electron chi connectivity index (χ2n) is 3.97. The molecule has 17 heavy (non-hydrogen) atoms. The quantitative estimate of drug-likeness (QED) is 0.884. The van der Waals surface area contributed by atoms with Crippen LogP contribution >= 0.6 is 11.3 Å². The highest BCUT2D eigenvalue weighted by molar-refractivity contribution is 7.10. The number of aromatic nitrogens is 3. The van der Waals surface area contributed by atoms with Crippen molar-refractivity contribution < 1.29 is 0 Å². The first-order valence-corrected chi connectivity index (χ1v) is 6.82. The molecule has 2 heterocycles. The van der Waals surface area contributed by atoms with Gasteiger partial charge in [0.25, 0.3) is 0 Å². The van der Waals surface area contributed by atoms with Crippen molar-refractivity contribution in [3.05, 3.63) is 34.0 Å². The third-order valence-electron chi connectivity index (χ3n) is 2.90. The fourth-order valence-electron chi connectivity index (χ4n) is 1.96. The normalized spacial score (nSPS) is 12.9. The van der Waals surface area contributed by atoms with Crippen LogP contribution in [0.4, 0.5) is 0 Å². The molecule has 2 N–H and O–H groups in total. The van der Waals surface area contributed by atoms with Gasteiger partial charge in [-0.15, -0.1) is 11.3 Å². The van der Waals surface area contributed by atoms with Gasteiger partial charge in [-0.25, -0.2) is 4.98 Å². The number of thiophene rings is 1. The standard InChI is InChI=1S/C12H18N4S/c1-3-9-5-6-17-12(9)10(13)7-11-14-8-15-16(11)4-2/h5-6,8,10H,3-4,7,13H2,1-2H3. The third kappa shape index (κ3) is 2.56. The van der Waals surface area contributed by atoms with Gasteiger partial charge in [0.05, 0.1) is 0 Å². The average molecular weight is 250 g/mol. The van der Waals surface area contributed by atoms with E-state index in [1.807, 2.05) is 4.68 Å². The molecule has 2 aromatic heterocycles. The van der Waals surface area contributed by atoms with Crippen molar-refractivity contribution in [2.24, 2.45) is 5.73 Å². The zero-order valence-corrected chi connectivity index (χ0v) is 11.1. The summed E-state index contributed by atoms with van der Waals surface area (Å²) in [4.78, 5) is 5.54. The molecular formula is C12H18N4S. The van der Waals surface area contributed by atoms with Gasteiger partial charge in [-0.1, -0.05) is 6.92 Å². The lowest BCUT2D eigenvalue weighted by Crippen LogP contribution is -2.17. The van der Waals surface area contributed by atoms with Crippen molar-refractivity contribution in [3.8, 4) is 0 Å². The molecule has 0 saturated carbocycles. The van der Waals surface area contributed by atoms with Crippen molar-refractivity contribution >= 4 is 11.3 Å². The zero-order chi connectivity index (χ0) is 12.3. The largest absolute Gasteiger partial charge is 0.323 e. The predicted molar refractivity (Wildman–Crippen MR) is 70.0 cm³/mol. The second-order valence-corrected chi connectivity index (χ2v) is 4.91. The average Bonchev–Trinajstić information content (AvgIpc) is 2.96. The van der Waals surface area contributed by atoms with Gasteiger partial charge in [0.2, 0.25) is 0 Å². The number of rotatable bonds is 5. The maximum Gasteiger partial charge on any atom is 0.138 e. The molecule has 0 aliphatic heterocycles. The Morgan fingerprint density at radius 3 is 3.00 bits per heavy atom. The zero-order valence-electron chi connectivity index (χ0n) is 10.3. The second kappa shape index (κ2) is 5.42. The summed E-state index contributed by atoms with van der Waals surface area (Å²) in [5, 5.41) is 6.27. The van der Waals surface area contributed by atoms with Gasteiger partial charge in [-0.2, -0.15) is 5.10 Å². The number of nitrogens with zero attached hydrogens (tertiary/aromatic N) is 3. The molecule has 0 aliphatic rings. The van der Waals surface area contributed by atoms with E-state index < -0.39 is 0 Å². The Morgan fingerprint density at radius 1 is 1.47 bits per heavy atom. The molecule has 1 unspecified atom stereocenters. The van der Waals surface area contributed by atoms with E-state index in [2.05, 4.69) is 35.4 Å². The van der Waals surface area contributed by atoms with E-state index in [9.17, 15) is 0 Å². The van der Waals surface area contributed by atoms with Crippen LogP contribution in [0.5, 0.6) is 0 Å². The Kier molecular flexibility index (Phi) is 3.91. The van der Waals surface area contributed by atoms with Crippen molar-refractivity contribution in [3.63, 3.8) is 0 Å². The highest BCUT2D eigenvalue weighted by Gasteiger charge is 2.15. The van der Waals surface area contributed by atoms with Crippen LogP contribution in [0.3, 0.4) is 0 Å². The molecule has 1 atom stereocenters. The van der Waals surface area contributed by atoms with Gasteiger partial charge in [0.15, 0.2) is 0 Å². The molecule has 0 aliphatic carbocycles. The lowest BCUT2D eigenvalue weighted by Gasteiger charge is -2.11. The molecule has 0 fully saturated rings. The summed E-state index contributed by atoms with van der Waals surface area (Å²) in [7, 11) is 0. The molecule has 0 spiro atoms. The van der Waals surface area contributed by atoms with Crippen molar-refractivity contribution in [1.82, 2.24) is 14.8 Å². The van der Waals surface area contributed by atoms with Crippen LogP contribution in [0.15, 0.2) is 17.8 Å². The Morgan fingerprint density at radius 2 is 2.29 bits per heavy atom. The van der Waals surface area contributed by atoms with Gasteiger partial charge in [-0.05, 0) is 30.4 Å². The number of aryl methyl sites for hydroxylation is 2. The van der Waals surface area contributed by atoms with E-state index in [1.54, 1.807) is 17.7 Å². The topological polar surface area (TPSA) is 56.7 Å². The maximum absolute atomic E-state index is 6.26. The third-order valence-corrected chi connectivity index (χ3v) is 3.99. The smallest absolute Gasteiger partial charge is 0.138 e. The highest BCUT2D eigenvalue weighted by Crippen LogP contribution is 2.25. The monoisotopic (exact) mass is 250 g/mol. The fourth-order valence-corrected chi connectivity index (χ4v) is 2.97. The molecule has 0 saturated heterocycles. The Balaban J connectivity index is 2.14. The first-order chi connectivity index (χ1) is 8.26. The SMILES string of the molecule is CCc1ccsc1C(N)Cc1ncnn1CC. The summed E-state index contributed by atoms with van der Waals surface area (Å²) in [6.07, 6.45) is 3.38. The van der Waals surface area contributed by atoms with Crippen molar-refractivity contribution in [1.29, 1.82) is 0 Å². The van der Waals surface area contributed by atoms with Crippen LogP contribution in [0.2, 0.25) is 0 Å². The predicted octanol–water partition coefficient (Wildman–Crippen LogP) is 2.16. The van der Waals surface area contributed by atoms with Crippen molar-refractivity contribution in [2.45, 2.75) is 39.3 Å². The Bertz CT molecular complexity index is 474. The van der Waals surface area contributed by atoms with Crippen LogP contribution in [0.25, 0.3) is 0 Å². The summed E-state index contributed by atoms with van der Waals surface area (Å²) in [5.74, 6) is 0.968. The van der Waals surface area contributed by atoms with Crippen LogP contribution in [0.1, 0.15) is 36.2 Å². The van der Waals surface area contributed by atoms with Gasteiger partial charge in [-0.3, -0.25) is 4.68 Å². The molecule has 2 aromatic rings. The van der Waals surface area contributed by atoms with Crippen LogP contribution < -0.4 is 5.73 Å². The summed E-state index contributed by atoms with van der Waals surface area (Å²) >= 11 is 1.74. The van der Waals surface area contributed by atoms with E-state index in [0.29, 0.717) is 0 Å². The van der Waals surface area contributed by atoms with Crippen LogP contribution in [-0.2, 0) is 19.4 Å². The molecule has 0 amide bonds. The lowest BCUT2D eigenvalue weighted by molar-refractivity contribution is 0.583. The molecule has 0 bridgehead atoms. The maximum atomic E-state index is 6.26. The minimum absolute atomic E-state index is 0.0273. The summed E-state index contributed by atoms with van der Waals surface area (Å²) < 4.78 is 1.90. The van der Waals surface area contributed by atoms with E-state index >= 15 is 0 Å². The molecule has 2 rings (SSSR count). The molecule has 0 aromatic carbocycles.